The Labute approximate surface area is 133 Å². The third-order valence-electron chi connectivity index (χ3n) is 3.12. The van der Waals surface area contributed by atoms with Gasteiger partial charge in [0.15, 0.2) is 5.75 Å². The van der Waals surface area contributed by atoms with Crippen molar-refractivity contribution >= 4 is 32.6 Å². The van der Waals surface area contributed by atoms with Crippen LogP contribution in [0.2, 0.25) is 5.02 Å². The van der Waals surface area contributed by atoms with Crippen LogP contribution >= 0.6 is 11.6 Å². The highest BCUT2D eigenvalue weighted by Crippen LogP contribution is 2.27. The number of benzene rings is 2. The van der Waals surface area contributed by atoms with Gasteiger partial charge in [-0.3, -0.25) is 0 Å². The number of pyridine rings is 1. The fourth-order valence-electron chi connectivity index (χ4n) is 2.05. The second-order valence-electron chi connectivity index (χ2n) is 4.77. The van der Waals surface area contributed by atoms with E-state index < -0.39 is 10.1 Å². The third-order valence-corrected chi connectivity index (χ3v) is 4.62. The van der Waals surface area contributed by atoms with Crippen LogP contribution in [0.15, 0.2) is 59.5 Å². The number of halogens is 1. The largest absolute Gasteiger partial charge is 0.377 e. The highest BCUT2D eigenvalue weighted by Gasteiger charge is 2.18. The van der Waals surface area contributed by atoms with Gasteiger partial charge in [0.2, 0.25) is 0 Å². The first kappa shape index (κ1) is 14.8. The van der Waals surface area contributed by atoms with Gasteiger partial charge in [0.05, 0.1) is 0 Å². The van der Waals surface area contributed by atoms with Gasteiger partial charge in [-0.15, -0.1) is 0 Å². The molecule has 0 N–H and O–H groups in total. The summed E-state index contributed by atoms with van der Waals surface area (Å²) in [5, 5.41) is 1.27. The molecule has 4 nitrogen and oxygen atoms in total. The molecule has 0 unspecified atom stereocenters. The number of nitrogens with zero attached hydrogens (tertiary/aromatic N) is 1. The molecule has 0 saturated heterocycles. The molecule has 0 aliphatic carbocycles. The number of hydrogen-bond acceptors (Lipinski definition) is 4. The quantitative estimate of drug-likeness (QED) is 0.681. The molecular formula is C16H12ClNO3S. The van der Waals surface area contributed by atoms with Crippen LogP contribution in [0, 0.1) is 6.92 Å². The lowest BCUT2D eigenvalue weighted by Gasteiger charge is -2.09. The highest BCUT2D eigenvalue weighted by molar-refractivity contribution is 7.87. The summed E-state index contributed by atoms with van der Waals surface area (Å²) in [7, 11) is -3.93. The van der Waals surface area contributed by atoms with Crippen molar-refractivity contribution in [3.05, 3.63) is 65.3 Å². The highest BCUT2D eigenvalue weighted by atomic mass is 35.5. The molecule has 0 bridgehead atoms. The van der Waals surface area contributed by atoms with Crippen molar-refractivity contribution in [1.29, 1.82) is 0 Å². The standard InChI is InChI=1S/C16H12ClNO3S/c1-11-5-6-12-3-2-4-15(16(12)18-11)21-22(19,20)14-9-7-13(17)8-10-14/h2-10H,1H3. The lowest BCUT2D eigenvalue weighted by molar-refractivity contribution is 0.488. The van der Waals surface area contributed by atoms with Gasteiger partial charge in [-0.2, -0.15) is 8.42 Å². The summed E-state index contributed by atoms with van der Waals surface area (Å²) in [5.41, 5.74) is 1.30. The van der Waals surface area contributed by atoms with Crippen LogP contribution in [0.1, 0.15) is 5.69 Å². The van der Waals surface area contributed by atoms with Gasteiger partial charge in [-0.1, -0.05) is 29.8 Å². The summed E-state index contributed by atoms with van der Waals surface area (Å²) in [4.78, 5) is 4.40. The second-order valence-corrected chi connectivity index (χ2v) is 6.75. The van der Waals surface area contributed by atoms with Gasteiger partial charge >= 0.3 is 10.1 Å². The van der Waals surface area contributed by atoms with Gasteiger partial charge in [-0.05, 0) is 43.3 Å². The monoisotopic (exact) mass is 333 g/mol. The fraction of sp³-hybridized carbons (Fsp3) is 0.0625. The molecule has 0 radical (unpaired) electrons. The maximum atomic E-state index is 12.3. The molecule has 6 heteroatoms. The van der Waals surface area contributed by atoms with Crippen LogP contribution in [-0.4, -0.2) is 13.4 Å². The van der Waals surface area contributed by atoms with Crippen molar-refractivity contribution in [2.45, 2.75) is 11.8 Å². The molecule has 0 atom stereocenters. The normalized spacial score (nSPS) is 11.5. The maximum absolute atomic E-state index is 12.3. The first-order valence-corrected chi connectivity index (χ1v) is 8.31. The fourth-order valence-corrected chi connectivity index (χ4v) is 3.11. The molecule has 3 aromatic rings. The zero-order valence-electron chi connectivity index (χ0n) is 11.7. The maximum Gasteiger partial charge on any atom is 0.339 e. The number of aromatic nitrogens is 1. The van der Waals surface area contributed by atoms with E-state index >= 15 is 0 Å². The van der Waals surface area contributed by atoms with Crippen LogP contribution in [0.4, 0.5) is 0 Å². The van der Waals surface area contributed by atoms with Gasteiger partial charge < -0.3 is 4.18 Å². The van der Waals surface area contributed by atoms with Gasteiger partial charge in [0.1, 0.15) is 10.4 Å². The Morgan fingerprint density at radius 2 is 1.73 bits per heavy atom. The van der Waals surface area contributed by atoms with Gasteiger partial charge in [-0.25, -0.2) is 4.98 Å². The predicted molar refractivity (Wildman–Crippen MR) is 85.7 cm³/mol. The van der Waals surface area contributed by atoms with Gasteiger partial charge in [0, 0.05) is 16.1 Å². The summed E-state index contributed by atoms with van der Waals surface area (Å²) in [6.45, 7) is 1.84. The molecule has 0 amide bonds. The summed E-state index contributed by atoms with van der Waals surface area (Å²) < 4.78 is 30.0. The van der Waals surface area contributed by atoms with E-state index in [1.165, 1.54) is 24.3 Å². The Balaban J connectivity index is 2.06. The van der Waals surface area contributed by atoms with Crippen LogP contribution in [-0.2, 0) is 10.1 Å². The molecule has 3 rings (SSSR count). The summed E-state index contributed by atoms with van der Waals surface area (Å²) in [6, 6.07) is 14.7. The van der Waals surface area contributed by atoms with Crippen LogP contribution in [0.3, 0.4) is 0 Å². The Morgan fingerprint density at radius 1 is 1.00 bits per heavy atom. The van der Waals surface area contributed by atoms with Crippen molar-refractivity contribution in [2.75, 3.05) is 0 Å². The molecule has 112 valence electrons. The van der Waals surface area contributed by atoms with E-state index in [4.69, 9.17) is 15.8 Å². The molecule has 0 saturated carbocycles. The molecule has 0 aliphatic rings. The van der Waals surface area contributed by atoms with Crippen LogP contribution in [0.5, 0.6) is 5.75 Å². The molecule has 1 aromatic heterocycles. The van der Waals surface area contributed by atoms with E-state index in [9.17, 15) is 8.42 Å². The molecule has 22 heavy (non-hydrogen) atoms. The minimum atomic E-state index is -3.93. The summed E-state index contributed by atoms with van der Waals surface area (Å²) in [5.74, 6) is 0.205. The minimum Gasteiger partial charge on any atom is -0.377 e. The second kappa shape index (κ2) is 5.59. The first-order chi connectivity index (χ1) is 10.5. The number of aryl methyl sites for hydroxylation is 1. The smallest absolute Gasteiger partial charge is 0.339 e. The topological polar surface area (TPSA) is 56.3 Å². The lowest BCUT2D eigenvalue weighted by Crippen LogP contribution is -2.10. The minimum absolute atomic E-state index is 0.0431. The summed E-state index contributed by atoms with van der Waals surface area (Å²) in [6.07, 6.45) is 0. The number of hydrogen-bond donors (Lipinski definition) is 0. The average Bonchev–Trinajstić information content (AvgIpc) is 2.48. The van der Waals surface area contributed by atoms with Crippen LogP contribution in [0.25, 0.3) is 10.9 Å². The SMILES string of the molecule is Cc1ccc2cccc(OS(=O)(=O)c3ccc(Cl)cc3)c2n1. The van der Waals surface area contributed by atoms with Crippen molar-refractivity contribution in [3.8, 4) is 5.75 Å². The molecule has 1 heterocycles. The van der Waals surface area contributed by atoms with Crippen molar-refractivity contribution in [2.24, 2.45) is 0 Å². The van der Waals surface area contributed by atoms with E-state index in [0.29, 0.717) is 10.5 Å². The number of rotatable bonds is 3. The van der Waals surface area contributed by atoms with E-state index in [1.54, 1.807) is 12.1 Å². The van der Waals surface area contributed by atoms with Crippen LogP contribution < -0.4 is 4.18 Å². The van der Waals surface area contributed by atoms with E-state index in [1.807, 2.05) is 25.1 Å². The third kappa shape index (κ3) is 2.91. The summed E-state index contributed by atoms with van der Waals surface area (Å²) >= 11 is 5.77. The Kier molecular flexibility index (Phi) is 3.76. The van der Waals surface area contributed by atoms with Gasteiger partial charge in [0.25, 0.3) is 0 Å². The Morgan fingerprint density at radius 3 is 2.45 bits per heavy atom. The molecule has 0 spiro atoms. The van der Waals surface area contributed by atoms with Crippen molar-refractivity contribution in [1.82, 2.24) is 4.98 Å². The van der Waals surface area contributed by atoms with E-state index in [0.717, 1.165) is 11.1 Å². The lowest BCUT2D eigenvalue weighted by atomic mass is 10.2. The van der Waals surface area contributed by atoms with Crippen molar-refractivity contribution < 1.29 is 12.6 Å². The zero-order valence-corrected chi connectivity index (χ0v) is 13.2. The van der Waals surface area contributed by atoms with E-state index in [-0.39, 0.29) is 10.6 Å². The molecule has 2 aromatic carbocycles. The molecular weight excluding hydrogens is 322 g/mol. The molecule has 0 aliphatic heterocycles. The zero-order chi connectivity index (χ0) is 15.7. The van der Waals surface area contributed by atoms with Crippen molar-refractivity contribution in [3.63, 3.8) is 0 Å². The number of fused-ring (bicyclic) bond motifs is 1. The Bertz CT molecular complexity index is 937. The predicted octanol–water partition coefficient (Wildman–Crippen LogP) is 3.96. The Hall–Kier alpha value is -2.11. The van der Waals surface area contributed by atoms with E-state index in [2.05, 4.69) is 4.98 Å². The molecule has 0 fully saturated rings. The first-order valence-electron chi connectivity index (χ1n) is 6.52. The average molecular weight is 334 g/mol. The number of para-hydroxylation sites is 1.